The molecule has 0 radical (unpaired) electrons. The van der Waals surface area contributed by atoms with Crippen molar-refractivity contribution in [2.24, 2.45) is 34.5 Å². The van der Waals surface area contributed by atoms with E-state index < -0.39 is 0 Å². The van der Waals surface area contributed by atoms with Crippen LogP contribution in [0.25, 0.3) is 0 Å². The lowest BCUT2D eigenvalue weighted by Gasteiger charge is -2.60. The molecule has 0 amide bonds. The molecular weight excluding hydrogens is 371 g/mol. The molecule has 4 saturated carbocycles. The van der Waals surface area contributed by atoms with Crippen molar-refractivity contribution in [3.8, 4) is 0 Å². The normalized spacial score (nSPS) is 60.0. The number of rotatable bonds is 0. The van der Waals surface area contributed by atoms with Crippen molar-refractivity contribution >= 4 is 22.6 Å². The second kappa shape index (κ2) is 5.09. The van der Waals surface area contributed by atoms with E-state index in [2.05, 4.69) is 36.4 Å². The molecule has 4 aliphatic carbocycles. The van der Waals surface area contributed by atoms with Gasteiger partial charge in [0.05, 0.1) is 6.10 Å². The van der Waals surface area contributed by atoms with Gasteiger partial charge in [-0.2, -0.15) is 0 Å². The van der Waals surface area contributed by atoms with Crippen molar-refractivity contribution in [3.63, 3.8) is 0 Å². The topological polar surface area (TPSA) is 20.2 Å². The molecule has 0 aromatic rings. The Morgan fingerprint density at radius 3 is 2.38 bits per heavy atom. The maximum atomic E-state index is 10.5. The number of hydrogen-bond acceptors (Lipinski definition) is 1. The van der Waals surface area contributed by atoms with Crippen molar-refractivity contribution in [1.82, 2.24) is 0 Å². The Morgan fingerprint density at radius 2 is 1.57 bits per heavy atom. The number of halogens is 1. The fourth-order valence-corrected chi connectivity index (χ4v) is 8.10. The Kier molecular flexibility index (Phi) is 3.69. The lowest BCUT2D eigenvalue weighted by Crippen LogP contribution is -2.54. The lowest BCUT2D eigenvalue weighted by molar-refractivity contribution is -0.119. The van der Waals surface area contributed by atoms with Crippen LogP contribution in [-0.4, -0.2) is 15.1 Å². The molecule has 4 unspecified atom stereocenters. The first-order chi connectivity index (χ1) is 9.95. The monoisotopic (exact) mass is 402 g/mol. The third-order valence-corrected chi connectivity index (χ3v) is 9.68. The number of fused-ring (bicyclic) bond motifs is 5. The van der Waals surface area contributed by atoms with E-state index in [0.29, 0.717) is 5.41 Å². The van der Waals surface area contributed by atoms with E-state index in [1.54, 1.807) is 0 Å². The van der Waals surface area contributed by atoms with Crippen molar-refractivity contribution < 1.29 is 5.11 Å². The zero-order valence-electron chi connectivity index (χ0n) is 13.7. The smallest absolute Gasteiger partial charge is 0.0596 e. The van der Waals surface area contributed by atoms with Crippen molar-refractivity contribution in [2.75, 3.05) is 0 Å². The molecule has 0 aromatic carbocycles. The van der Waals surface area contributed by atoms with Gasteiger partial charge in [0.1, 0.15) is 0 Å². The molecule has 120 valence electrons. The molecule has 4 fully saturated rings. The van der Waals surface area contributed by atoms with Crippen LogP contribution in [0.2, 0.25) is 0 Å². The van der Waals surface area contributed by atoms with Crippen molar-refractivity contribution in [3.05, 3.63) is 0 Å². The van der Waals surface area contributed by atoms with E-state index in [1.165, 1.54) is 51.4 Å². The van der Waals surface area contributed by atoms with Crippen LogP contribution in [0.15, 0.2) is 0 Å². The summed E-state index contributed by atoms with van der Waals surface area (Å²) in [6.45, 7) is 5.05. The predicted octanol–water partition coefficient (Wildman–Crippen LogP) is 5.19. The van der Waals surface area contributed by atoms with Gasteiger partial charge in [-0.15, -0.1) is 0 Å². The molecule has 0 saturated heterocycles. The van der Waals surface area contributed by atoms with Gasteiger partial charge in [0.2, 0.25) is 0 Å². The zero-order chi connectivity index (χ0) is 14.8. The molecule has 1 nitrogen and oxygen atoms in total. The average molecular weight is 402 g/mol. The van der Waals surface area contributed by atoms with Gasteiger partial charge >= 0.3 is 0 Å². The van der Waals surface area contributed by atoms with Gasteiger partial charge < -0.3 is 5.11 Å². The Bertz CT molecular complexity index is 424. The first kappa shape index (κ1) is 15.2. The molecule has 8 atom stereocenters. The number of aliphatic hydroxyl groups is 1. The van der Waals surface area contributed by atoms with E-state index in [-0.39, 0.29) is 11.5 Å². The second-order valence-corrected chi connectivity index (χ2v) is 10.9. The number of aliphatic hydroxyl groups excluding tert-OH is 1. The Morgan fingerprint density at radius 1 is 0.857 bits per heavy atom. The van der Waals surface area contributed by atoms with Gasteiger partial charge in [0, 0.05) is 3.92 Å². The van der Waals surface area contributed by atoms with Crippen LogP contribution < -0.4 is 0 Å². The summed E-state index contributed by atoms with van der Waals surface area (Å²) in [7, 11) is 0. The van der Waals surface area contributed by atoms with E-state index >= 15 is 0 Å². The Hall–Kier alpha value is 0.690. The summed E-state index contributed by atoms with van der Waals surface area (Å²) in [6, 6.07) is 0. The molecule has 4 rings (SSSR count). The van der Waals surface area contributed by atoms with E-state index in [9.17, 15) is 5.11 Å². The van der Waals surface area contributed by atoms with Crippen LogP contribution in [0.4, 0.5) is 0 Å². The molecule has 4 aliphatic rings. The third-order valence-electron chi connectivity index (χ3n) is 8.55. The molecule has 0 spiro atoms. The van der Waals surface area contributed by atoms with E-state index in [0.717, 1.165) is 34.0 Å². The summed E-state index contributed by atoms with van der Waals surface area (Å²) < 4.78 is 0.930. The summed E-state index contributed by atoms with van der Waals surface area (Å²) in [5.74, 6) is 3.70. The summed E-state index contributed by atoms with van der Waals surface area (Å²) in [5.41, 5.74) is 0.879. The molecule has 0 aromatic heterocycles. The highest BCUT2D eigenvalue weighted by atomic mass is 127. The van der Waals surface area contributed by atoms with Crippen LogP contribution in [0.1, 0.15) is 71.6 Å². The number of alkyl halides is 1. The quantitative estimate of drug-likeness (QED) is 0.437. The summed E-state index contributed by atoms with van der Waals surface area (Å²) in [4.78, 5) is 0. The predicted molar refractivity (Wildman–Crippen MR) is 95.5 cm³/mol. The first-order valence-electron chi connectivity index (χ1n) is 9.27. The first-order valence-corrected chi connectivity index (χ1v) is 10.5. The minimum atomic E-state index is -0.0148. The summed E-state index contributed by atoms with van der Waals surface area (Å²) in [6.07, 6.45) is 12.4. The Balaban J connectivity index is 1.62. The van der Waals surface area contributed by atoms with Crippen LogP contribution in [0, 0.1) is 34.5 Å². The van der Waals surface area contributed by atoms with Gasteiger partial charge in [-0.25, -0.2) is 0 Å². The third kappa shape index (κ3) is 2.10. The molecular formula is C19H31IO. The van der Waals surface area contributed by atoms with Gasteiger partial charge in [-0.3, -0.25) is 0 Å². The SMILES string of the molecule is C[C@]12CCC3C(CC[C@@H]4C[C@@H](I)CC[C@]34C)C1CCC2O. The molecule has 0 bridgehead atoms. The van der Waals surface area contributed by atoms with E-state index in [1.807, 2.05) is 0 Å². The fourth-order valence-electron chi connectivity index (χ4n) is 7.18. The maximum Gasteiger partial charge on any atom is 0.0596 e. The summed E-state index contributed by atoms with van der Waals surface area (Å²) in [5, 5.41) is 10.5. The summed E-state index contributed by atoms with van der Waals surface area (Å²) >= 11 is 2.70. The van der Waals surface area contributed by atoms with Gasteiger partial charge in [-0.05, 0) is 92.3 Å². The Labute approximate surface area is 143 Å². The van der Waals surface area contributed by atoms with Crippen LogP contribution in [0.3, 0.4) is 0 Å². The minimum absolute atomic E-state index is 0.0148. The van der Waals surface area contributed by atoms with Crippen LogP contribution in [-0.2, 0) is 0 Å². The molecule has 21 heavy (non-hydrogen) atoms. The molecule has 2 heteroatoms. The average Bonchev–Trinajstić information content (AvgIpc) is 2.76. The molecule has 0 heterocycles. The van der Waals surface area contributed by atoms with E-state index in [4.69, 9.17) is 0 Å². The van der Waals surface area contributed by atoms with Crippen LogP contribution >= 0.6 is 22.6 Å². The molecule has 1 N–H and O–H groups in total. The highest BCUT2D eigenvalue weighted by Gasteiger charge is 2.59. The van der Waals surface area contributed by atoms with Gasteiger partial charge in [0.25, 0.3) is 0 Å². The second-order valence-electron chi connectivity index (χ2n) is 9.17. The minimum Gasteiger partial charge on any atom is -0.393 e. The highest BCUT2D eigenvalue weighted by Crippen LogP contribution is 2.66. The maximum absolute atomic E-state index is 10.5. The highest BCUT2D eigenvalue weighted by molar-refractivity contribution is 14.1. The van der Waals surface area contributed by atoms with Gasteiger partial charge in [0.15, 0.2) is 0 Å². The van der Waals surface area contributed by atoms with Crippen molar-refractivity contribution in [2.45, 2.75) is 81.7 Å². The van der Waals surface area contributed by atoms with Crippen LogP contribution in [0.5, 0.6) is 0 Å². The number of hydrogen-bond donors (Lipinski definition) is 1. The molecule has 0 aliphatic heterocycles. The fraction of sp³-hybridized carbons (Fsp3) is 1.00. The lowest BCUT2D eigenvalue weighted by atomic mass is 9.45. The zero-order valence-corrected chi connectivity index (χ0v) is 15.8. The van der Waals surface area contributed by atoms with Gasteiger partial charge in [-0.1, -0.05) is 36.4 Å². The standard InChI is InChI=1S/C19H31IO/c1-18-9-7-13(20)11-12(18)3-4-14-15-5-6-17(21)19(15,2)10-8-16(14)18/h12-17,21H,3-11H2,1-2H3/t12-,13+,14?,15?,16?,17?,18+,19+/m1/s1. The van der Waals surface area contributed by atoms with Crippen molar-refractivity contribution in [1.29, 1.82) is 0 Å². The largest absolute Gasteiger partial charge is 0.393 e.